The molecule has 2 aromatic rings. The van der Waals surface area contributed by atoms with Crippen LogP contribution in [0, 0.1) is 6.92 Å². The minimum absolute atomic E-state index is 0.235. The second-order valence-corrected chi connectivity index (χ2v) is 5.34. The van der Waals surface area contributed by atoms with E-state index in [4.69, 9.17) is 5.73 Å². The second-order valence-electron chi connectivity index (χ2n) is 5.34. The Morgan fingerprint density at radius 3 is 2.39 bits per heavy atom. The van der Waals surface area contributed by atoms with Gasteiger partial charge in [-0.3, -0.25) is 0 Å². The van der Waals surface area contributed by atoms with E-state index in [0.717, 1.165) is 11.5 Å². The molecule has 1 atom stereocenters. The summed E-state index contributed by atoms with van der Waals surface area (Å²) in [6.07, 6.45) is 6.25. The Morgan fingerprint density at radius 1 is 1.28 bits per heavy atom. The Bertz CT molecular complexity index is 547. The maximum Gasteiger partial charge on any atom is 0.110 e. The summed E-state index contributed by atoms with van der Waals surface area (Å²) in [6.45, 7) is 4.12. The Kier molecular flexibility index (Phi) is 2.52. The number of aromatic nitrogens is 2. The third-order valence-corrected chi connectivity index (χ3v) is 4.21. The van der Waals surface area contributed by atoms with Gasteiger partial charge in [0, 0.05) is 29.5 Å². The van der Waals surface area contributed by atoms with E-state index in [2.05, 4.69) is 40.7 Å². The summed E-state index contributed by atoms with van der Waals surface area (Å²) in [7, 11) is 0. The number of hydrogen-bond acceptors (Lipinski definition) is 2. The molecule has 1 saturated carbocycles. The minimum Gasteiger partial charge on any atom is -0.327 e. The molecular formula is C15H19N3. The summed E-state index contributed by atoms with van der Waals surface area (Å²) in [5.74, 6) is 1.01. The standard InChI is InChI=1S/C15H19N3/c1-11(16)15(7-8-15)13-3-5-14(6-4-13)18-10-9-17-12(18)2/h3-6,9-11H,7-8,16H2,1-2H3. The van der Waals surface area contributed by atoms with Crippen molar-refractivity contribution < 1.29 is 0 Å². The predicted octanol–water partition coefficient (Wildman–Crippen LogP) is 2.56. The molecule has 3 nitrogen and oxygen atoms in total. The Labute approximate surface area is 108 Å². The van der Waals surface area contributed by atoms with Crippen LogP contribution in [0.1, 0.15) is 31.2 Å². The molecule has 1 aliphatic rings. The summed E-state index contributed by atoms with van der Waals surface area (Å²) >= 11 is 0. The monoisotopic (exact) mass is 241 g/mol. The lowest BCUT2D eigenvalue weighted by molar-refractivity contribution is 0.556. The number of nitrogens with two attached hydrogens (primary N) is 1. The third kappa shape index (κ3) is 1.66. The molecule has 0 aliphatic heterocycles. The van der Waals surface area contributed by atoms with Crippen LogP contribution in [0.25, 0.3) is 5.69 Å². The van der Waals surface area contributed by atoms with Gasteiger partial charge in [0.2, 0.25) is 0 Å². The molecule has 1 aromatic heterocycles. The lowest BCUT2D eigenvalue weighted by Crippen LogP contribution is -2.31. The van der Waals surface area contributed by atoms with Gasteiger partial charge in [-0.15, -0.1) is 0 Å². The van der Waals surface area contributed by atoms with Gasteiger partial charge in [-0.05, 0) is 44.4 Å². The lowest BCUT2D eigenvalue weighted by atomic mass is 9.89. The smallest absolute Gasteiger partial charge is 0.110 e. The zero-order valence-electron chi connectivity index (χ0n) is 10.9. The molecule has 0 spiro atoms. The summed E-state index contributed by atoms with van der Waals surface area (Å²) in [4.78, 5) is 4.25. The maximum absolute atomic E-state index is 6.11. The van der Waals surface area contributed by atoms with E-state index < -0.39 is 0 Å². The van der Waals surface area contributed by atoms with Crippen molar-refractivity contribution in [2.24, 2.45) is 5.73 Å². The molecule has 0 radical (unpaired) electrons. The normalized spacial score (nSPS) is 18.6. The Hall–Kier alpha value is -1.61. The van der Waals surface area contributed by atoms with E-state index in [1.165, 1.54) is 18.4 Å². The van der Waals surface area contributed by atoms with Crippen LogP contribution < -0.4 is 5.73 Å². The fraction of sp³-hybridized carbons (Fsp3) is 0.400. The van der Waals surface area contributed by atoms with Crippen molar-refractivity contribution in [2.75, 3.05) is 0 Å². The highest BCUT2D eigenvalue weighted by Crippen LogP contribution is 2.50. The van der Waals surface area contributed by atoms with Crippen LogP contribution in [0.4, 0.5) is 0 Å². The van der Waals surface area contributed by atoms with E-state index in [0.29, 0.717) is 0 Å². The summed E-state index contributed by atoms with van der Waals surface area (Å²) in [5, 5.41) is 0. The number of hydrogen-bond donors (Lipinski definition) is 1. The minimum atomic E-state index is 0.235. The van der Waals surface area contributed by atoms with Gasteiger partial charge in [-0.1, -0.05) is 12.1 Å². The van der Waals surface area contributed by atoms with Crippen LogP contribution in [0.3, 0.4) is 0 Å². The zero-order chi connectivity index (χ0) is 12.8. The summed E-state index contributed by atoms with van der Waals surface area (Å²) < 4.78 is 2.09. The molecule has 3 rings (SSSR count). The SMILES string of the molecule is Cc1nccn1-c1ccc(C2(C(C)N)CC2)cc1. The van der Waals surface area contributed by atoms with Gasteiger partial charge in [-0.2, -0.15) is 0 Å². The second kappa shape index (κ2) is 3.95. The highest BCUT2D eigenvalue weighted by Gasteiger charge is 2.47. The zero-order valence-corrected chi connectivity index (χ0v) is 10.9. The molecule has 94 valence electrons. The number of benzene rings is 1. The topological polar surface area (TPSA) is 43.8 Å². The van der Waals surface area contributed by atoms with E-state index in [9.17, 15) is 0 Å². The lowest BCUT2D eigenvalue weighted by Gasteiger charge is -2.20. The molecule has 1 aromatic carbocycles. The first-order valence-electron chi connectivity index (χ1n) is 6.50. The van der Waals surface area contributed by atoms with E-state index in [1.54, 1.807) is 0 Å². The molecule has 1 heterocycles. The van der Waals surface area contributed by atoms with Crippen molar-refractivity contribution in [3.63, 3.8) is 0 Å². The highest BCUT2D eigenvalue weighted by atomic mass is 15.1. The first kappa shape index (κ1) is 11.5. The first-order chi connectivity index (χ1) is 8.63. The van der Waals surface area contributed by atoms with Gasteiger partial charge in [-0.25, -0.2) is 4.98 Å². The Morgan fingerprint density at radius 2 is 1.94 bits per heavy atom. The van der Waals surface area contributed by atoms with Gasteiger partial charge in [0.05, 0.1) is 0 Å². The molecule has 1 aliphatic carbocycles. The van der Waals surface area contributed by atoms with Crippen LogP contribution in [-0.2, 0) is 5.41 Å². The molecule has 3 heteroatoms. The predicted molar refractivity (Wildman–Crippen MR) is 72.9 cm³/mol. The van der Waals surface area contributed by atoms with Gasteiger partial charge >= 0.3 is 0 Å². The Balaban J connectivity index is 1.93. The number of nitrogens with zero attached hydrogens (tertiary/aromatic N) is 2. The summed E-state index contributed by atoms with van der Waals surface area (Å²) in [6, 6.07) is 8.98. The van der Waals surface area contributed by atoms with E-state index in [-0.39, 0.29) is 11.5 Å². The van der Waals surface area contributed by atoms with Crippen molar-refractivity contribution in [3.8, 4) is 5.69 Å². The van der Waals surface area contributed by atoms with Crippen LogP contribution in [0.15, 0.2) is 36.7 Å². The first-order valence-corrected chi connectivity index (χ1v) is 6.50. The van der Waals surface area contributed by atoms with Crippen LogP contribution >= 0.6 is 0 Å². The number of aryl methyl sites for hydroxylation is 1. The molecule has 2 N–H and O–H groups in total. The van der Waals surface area contributed by atoms with Crippen molar-refractivity contribution in [1.82, 2.24) is 9.55 Å². The molecule has 18 heavy (non-hydrogen) atoms. The van der Waals surface area contributed by atoms with Gasteiger partial charge in [0.25, 0.3) is 0 Å². The van der Waals surface area contributed by atoms with E-state index >= 15 is 0 Å². The highest BCUT2D eigenvalue weighted by molar-refractivity contribution is 5.41. The molecule has 1 unspecified atom stereocenters. The van der Waals surface area contributed by atoms with Crippen molar-refractivity contribution in [1.29, 1.82) is 0 Å². The fourth-order valence-corrected chi connectivity index (χ4v) is 2.75. The van der Waals surface area contributed by atoms with E-state index in [1.807, 2.05) is 19.3 Å². The van der Waals surface area contributed by atoms with Gasteiger partial charge < -0.3 is 10.3 Å². The van der Waals surface area contributed by atoms with Crippen molar-refractivity contribution in [3.05, 3.63) is 48.0 Å². The van der Waals surface area contributed by atoms with Gasteiger partial charge in [0.1, 0.15) is 5.82 Å². The number of imidazole rings is 1. The average Bonchev–Trinajstić information content (AvgIpc) is 3.08. The molecule has 0 bridgehead atoms. The van der Waals surface area contributed by atoms with Crippen LogP contribution in [0.5, 0.6) is 0 Å². The summed E-state index contributed by atoms with van der Waals surface area (Å²) in [5.41, 5.74) is 8.88. The average molecular weight is 241 g/mol. The van der Waals surface area contributed by atoms with Crippen molar-refractivity contribution in [2.45, 2.75) is 38.1 Å². The van der Waals surface area contributed by atoms with Crippen molar-refractivity contribution >= 4 is 0 Å². The molecular weight excluding hydrogens is 222 g/mol. The maximum atomic E-state index is 6.11. The van der Waals surface area contributed by atoms with Gasteiger partial charge in [0.15, 0.2) is 0 Å². The number of rotatable bonds is 3. The largest absolute Gasteiger partial charge is 0.327 e. The van der Waals surface area contributed by atoms with Crippen LogP contribution in [0.2, 0.25) is 0 Å². The quantitative estimate of drug-likeness (QED) is 0.897. The molecule has 1 fully saturated rings. The van der Waals surface area contributed by atoms with Crippen LogP contribution in [-0.4, -0.2) is 15.6 Å². The third-order valence-electron chi connectivity index (χ3n) is 4.21. The molecule has 0 saturated heterocycles. The molecule has 0 amide bonds. The fourth-order valence-electron chi connectivity index (χ4n) is 2.75.